The minimum Gasteiger partial charge on any atom is -0.483 e. The number of nitrogens with zero attached hydrogens (tertiary/aromatic N) is 2. The Hall–Kier alpha value is -4.00. The number of carbonyl (C=O) groups excluding carboxylic acids is 1. The van der Waals surface area contributed by atoms with Gasteiger partial charge in [-0.25, -0.2) is 0 Å². The summed E-state index contributed by atoms with van der Waals surface area (Å²) >= 11 is 0. The van der Waals surface area contributed by atoms with Gasteiger partial charge < -0.3 is 10.1 Å². The summed E-state index contributed by atoms with van der Waals surface area (Å²) in [6.07, 6.45) is 1.59. The van der Waals surface area contributed by atoms with E-state index in [2.05, 4.69) is 10.3 Å². The number of nitro benzene ring substituents is 1. The van der Waals surface area contributed by atoms with E-state index in [0.29, 0.717) is 22.7 Å². The normalized spacial score (nSPS) is 10.7. The molecular formula is C22H19N3O4. The van der Waals surface area contributed by atoms with Crippen molar-refractivity contribution < 1.29 is 14.5 Å². The van der Waals surface area contributed by atoms with E-state index in [4.69, 9.17) is 4.74 Å². The van der Waals surface area contributed by atoms with Crippen LogP contribution in [0.4, 0.5) is 17.1 Å². The van der Waals surface area contributed by atoms with Crippen LogP contribution in [0.3, 0.4) is 0 Å². The molecule has 0 spiro atoms. The number of aryl methyl sites for hydroxylation is 1. The number of rotatable bonds is 7. The van der Waals surface area contributed by atoms with Crippen molar-refractivity contribution in [3.05, 3.63) is 94.0 Å². The number of ether oxygens (including phenoxy) is 1. The van der Waals surface area contributed by atoms with E-state index in [1.807, 2.05) is 43.3 Å². The number of para-hydroxylation sites is 1. The summed E-state index contributed by atoms with van der Waals surface area (Å²) in [5, 5.41) is 13.5. The highest BCUT2D eigenvalue weighted by Gasteiger charge is 2.07. The Morgan fingerprint density at radius 1 is 1.07 bits per heavy atom. The van der Waals surface area contributed by atoms with Crippen molar-refractivity contribution in [3.8, 4) is 5.75 Å². The van der Waals surface area contributed by atoms with Crippen LogP contribution in [-0.2, 0) is 4.79 Å². The lowest BCUT2D eigenvalue weighted by atomic mass is 10.2. The molecule has 0 unspecified atom stereocenters. The van der Waals surface area contributed by atoms with Gasteiger partial charge in [0.25, 0.3) is 11.6 Å². The third-order valence-corrected chi connectivity index (χ3v) is 4.03. The molecular weight excluding hydrogens is 370 g/mol. The zero-order chi connectivity index (χ0) is 20.6. The lowest BCUT2D eigenvalue weighted by Gasteiger charge is -2.09. The molecule has 0 aliphatic heterocycles. The van der Waals surface area contributed by atoms with Crippen LogP contribution in [0.15, 0.2) is 77.8 Å². The number of carbonyl (C=O) groups is 1. The molecule has 0 bridgehead atoms. The SMILES string of the molecule is Cc1ccc(NC(=O)COc2ccccc2C=Nc2ccc([N+](=O)[O-])cc2)cc1. The summed E-state index contributed by atoms with van der Waals surface area (Å²) in [6, 6.07) is 20.6. The van der Waals surface area contributed by atoms with Gasteiger partial charge in [0.2, 0.25) is 0 Å². The standard InChI is InChI=1S/C22H19N3O4/c1-16-6-8-19(9-7-16)24-22(26)15-29-21-5-3-2-4-17(21)14-23-18-10-12-20(13-11-18)25(27)28/h2-14H,15H2,1H3,(H,24,26). The number of hydrogen-bond donors (Lipinski definition) is 1. The molecule has 0 saturated carbocycles. The molecule has 0 radical (unpaired) electrons. The number of nitrogens with one attached hydrogen (secondary N) is 1. The Morgan fingerprint density at radius 3 is 2.45 bits per heavy atom. The summed E-state index contributed by atoms with van der Waals surface area (Å²) in [5.41, 5.74) is 3.08. The monoisotopic (exact) mass is 389 g/mol. The Morgan fingerprint density at radius 2 is 1.76 bits per heavy atom. The fourth-order valence-electron chi connectivity index (χ4n) is 2.50. The molecule has 1 amide bonds. The molecule has 0 aliphatic rings. The molecule has 7 nitrogen and oxygen atoms in total. The predicted molar refractivity (Wildman–Crippen MR) is 112 cm³/mol. The van der Waals surface area contributed by atoms with Crippen molar-refractivity contribution in [1.29, 1.82) is 0 Å². The second-order valence-electron chi connectivity index (χ2n) is 6.27. The summed E-state index contributed by atoms with van der Waals surface area (Å²) in [4.78, 5) is 26.7. The van der Waals surface area contributed by atoms with E-state index in [1.54, 1.807) is 30.5 Å². The van der Waals surface area contributed by atoms with Gasteiger partial charge in [-0.15, -0.1) is 0 Å². The minimum atomic E-state index is -0.460. The van der Waals surface area contributed by atoms with Gasteiger partial charge in [0, 0.05) is 29.6 Å². The third-order valence-electron chi connectivity index (χ3n) is 4.03. The summed E-state index contributed by atoms with van der Waals surface area (Å²) in [5.74, 6) is 0.244. The molecule has 146 valence electrons. The number of non-ortho nitro benzene ring substituents is 1. The molecule has 3 rings (SSSR count). The molecule has 3 aromatic carbocycles. The topological polar surface area (TPSA) is 93.8 Å². The summed E-state index contributed by atoms with van der Waals surface area (Å²) in [6.45, 7) is 1.83. The lowest BCUT2D eigenvalue weighted by molar-refractivity contribution is -0.384. The maximum absolute atomic E-state index is 12.1. The zero-order valence-corrected chi connectivity index (χ0v) is 15.7. The molecule has 7 heteroatoms. The Balaban J connectivity index is 1.63. The number of hydrogen-bond acceptors (Lipinski definition) is 5. The quantitative estimate of drug-likeness (QED) is 0.361. The zero-order valence-electron chi connectivity index (χ0n) is 15.7. The van der Waals surface area contributed by atoms with Crippen LogP contribution in [0.2, 0.25) is 0 Å². The lowest BCUT2D eigenvalue weighted by Crippen LogP contribution is -2.20. The van der Waals surface area contributed by atoms with Crippen molar-refractivity contribution in [2.24, 2.45) is 4.99 Å². The van der Waals surface area contributed by atoms with Gasteiger partial charge in [0.1, 0.15) is 5.75 Å². The van der Waals surface area contributed by atoms with E-state index in [1.165, 1.54) is 12.1 Å². The predicted octanol–water partition coefficient (Wildman–Crippen LogP) is 4.67. The highest BCUT2D eigenvalue weighted by atomic mass is 16.6. The first-order chi connectivity index (χ1) is 14.0. The van der Waals surface area contributed by atoms with Crippen LogP contribution in [0.1, 0.15) is 11.1 Å². The summed E-state index contributed by atoms with van der Waals surface area (Å²) in [7, 11) is 0. The van der Waals surface area contributed by atoms with Gasteiger partial charge in [-0.2, -0.15) is 0 Å². The van der Waals surface area contributed by atoms with Crippen molar-refractivity contribution >= 4 is 29.2 Å². The first-order valence-electron chi connectivity index (χ1n) is 8.88. The molecule has 0 saturated heterocycles. The van der Waals surface area contributed by atoms with E-state index in [-0.39, 0.29) is 18.2 Å². The molecule has 0 aromatic heterocycles. The first-order valence-corrected chi connectivity index (χ1v) is 8.88. The van der Waals surface area contributed by atoms with Gasteiger partial charge in [0.05, 0.1) is 10.6 Å². The number of nitro groups is 1. The van der Waals surface area contributed by atoms with Crippen LogP contribution in [-0.4, -0.2) is 23.7 Å². The fraction of sp³-hybridized carbons (Fsp3) is 0.0909. The van der Waals surface area contributed by atoms with E-state index >= 15 is 0 Å². The summed E-state index contributed by atoms with van der Waals surface area (Å²) < 4.78 is 5.64. The van der Waals surface area contributed by atoms with Crippen molar-refractivity contribution in [2.75, 3.05) is 11.9 Å². The minimum absolute atomic E-state index is 0.00673. The Labute approximate surface area is 167 Å². The van der Waals surface area contributed by atoms with Crippen molar-refractivity contribution in [2.45, 2.75) is 6.92 Å². The third kappa shape index (κ3) is 5.74. The molecule has 3 aromatic rings. The smallest absolute Gasteiger partial charge is 0.269 e. The van der Waals surface area contributed by atoms with Gasteiger partial charge in [-0.3, -0.25) is 19.9 Å². The van der Waals surface area contributed by atoms with E-state index in [9.17, 15) is 14.9 Å². The largest absolute Gasteiger partial charge is 0.483 e. The average Bonchev–Trinajstić information content (AvgIpc) is 2.73. The van der Waals surface area contributed by atoms with E-state index < -0.39 is 4.92 Å². The second kappa shape index (κ2) is 9.27. The highest BCUT2D eigenvalue weighted by molar-refractivity contribution is 5.92. The second-order valence-corrected chi connectivity index (χ2v) is 6.27. The van der Waals surface area contributed by atoms with Gasteiger partial charge >= 0.3 is 0 Å². The number of benzene rings is 3. The molecule has 0 heterocycles. The molecule has 1 N–H and O–H groups in total. The number of amides is 1. The molecule has 0 fully saturated rings. The van der Waals surface area contributed by atoms with Crippen LogP contribution in [0.25, 0.3) is 0 Å². The average molecular weight is 389 g/mol. The van der Waals surface area contributed by atoms with Crippen LogP contribution >= 0.6 is 0 Å². The molecule has 29 heavy (non-hydrogen) atoms. The number of aliphatic imine (C=N–C) groups is 1. The maximum Gasteiger partial charge on any atom is 0.269 e. The molecule has 0 aliphatic carbocycles. The highest BCUT2D eigenvalue weighted by Crippen LogP contribution is 2.20. The van der Waals surface area contributed by atoms with Crippen LogP contribution in [0.5, 0.6) is 5.75 Å². The maximum atomic E-state index is 12.1. The van der Waals surface area contributed by atoms with Gasteiger partial charge in [-0.1, -0.05) is 29.8 Å². The van der Waals surface area contributed by atoms with Gasteiger partial charge in [-0.05, 0) is 43.3 Å². The van der Waals surface area contributed by atoms with Crippen LogP contribution in [0, 0.1) is 17.0 Å². The first kappa shape index (κ1) is 19.8. The molecule has 0 atom stereocenters. The number of anilines is 1. The Kier molecular flexibility index (Phi) is 6.32. The van der Waals surface area contributed by atoms with Crippen LogP contribution < -0.4 is 10.1 Å². The Bertz CT molecular complexity index is 1030. The van der Waals surface area contributed by atoms with Crippen molar-refractivity contribution in [3.63, 3.8) is 0 Å². The van der Waals surface area contributed by atoms with Gasteiger partial charge in [0.15, 0.2) is 6.61 Å². The fourth-order valence-corrected chi connectivity index (χ4v) is 2.50. The van der Waals surface area contributed by atoms with E-state index in [0.717, 1.165) is 5.56 Å². The van der Waals surface area contributed by atoms with Crippen molar-refractivity contribution in [1.82, 2.24) is 0 Å².